The molecule has 2 heterocycles. The minimum absolute atomic E-state index is 0.112. The first kappa shape index (κ1) is 27.9. The van der Waals surface area contributed by atoms with Crippen LogP contribution in [-0.2, 0) is 23.9 Å². The number of hydrogen-bond donors (Lipinski definition) is 2. The zero-order valence-electron chi connectivity index (χ0n) is 21.6. The van der Waals surface area contributed by atoms with Gasteiger partial charge in [-0.25, -0.2) is 4.79 Å². The van der Waals surface area contributed by atoms with Gasteiger partial charge in [-0.05, 0) is 22.8 Å². The fourth-order valence-corrected chi connectivity index (χ4v) is 11.1. The highest BCUT2D eigenvalue weighted by Crippen LogP contribution is 2.51. The van der Waals surface area contributed by atoms with E-state index in [0.717, 1.165) is 27.7 Å². The van der Waals surface area contributed by atoms with Crippen LogP contribution in [0.5, 0.6) is 0 Å². The number of likely N-dealkylation sites (tertiary alicyclic amines) is 1. The minimum Gasteiger partial charge on any atom is -0.477 e. The van der Waals surface area contributed by atoms with Crippen LogP contribution in [0, 0.1) is 5.92 Å². The van der Waals surface area contributed by atoms with Gasteiger partial charge in [-0.3, -0.25) is 19.3 Å². The van der Waals surface area contributed by atoms with Crippen LogP contribution in [0.1, 0.15) is 19.8 Å². The van der Waals surface area contributed by atoms with Gasteiger partial charge in [0.1, 0.15) is 10.8 Å². The number of ether oxygens (including phenoxy) is 1. The second-order valence-corrected chi connectivity index (χ2v) is 14.1. The summed E-state index contributed by atoms with van der Waals surface area (Å²) in [5, 5.41) is 22.1. The Labute approximate surface area is 235 Å². The lowest BCUT2D eigenvalue weighted by Gasteiger charge is -2.49. The number of aliphatic hydroxyl groups excluding tert-OH is 1. The molecule has 3 aromatic rings. The standard InChI is InChI=1S/C30H28NO7PS/c1-19(32)25-26(34)31(28(25)40-30(37)23-17-18-24(33)38-23)27(29(35)36)39(20-11-5-2-6-12-20,21-13-7-3-8-14-21)22-15-9-4-10-16-22/h2-16,19,23,25,28,32H,17-18H2,1H3,(H,35,36)/t19-,23+,25?,28?/m1/s1. The number of nitrogens with zero attached hydrogens (tertiary/aromatic N) is 1. The first-order valence-corrected chi connectivity index (χ1v) is 15.5. The van der Waals surface area contributed by atoms with E-state index in [1.54, 1.807) is 0 Å². The van der Waals surface area contributed by atoms with Crippen LogP contribution in [0.4, 0.5) is 0 Å². The SMILES string of the molecule is C[C@@H](O)C1C(=O)N(C(C(=O)O)=P(c2ccccc2)(c2ccccc2)c2ccccc2)C1SC(=O)[C@@H]1CCC(=O)O1. The average molecular weight is 578 g/mol. The number of hydrogen-bond acceptors (Lipinski definition) is 7. The van der Waals surface area contributed by atoms with Gasteiger partial charge in [-0.2, -0.15) is 0 Å². The zero-order chi connectivity index (χ0) is 28.4. The minimum atomic E-state index is -3.22. The molecule has 0 aliphatic carbocycles. The largest absolute Gasteiger partial charge is 0.477 e. The second kappa shape index (κ2) is 11.5. The maximum atomic E-state index is 13.7. The van der Waals surface area contributed by atoms with Crippen molar-refractivity contribution in [3.05, 3.63) is 91.0 Å². The first-order valence-electron chi connectivity index (χ1n) is 12.8. The van der Waals surface area contributed by atoms with Crippen molar-refractivity contribution in [2.45, 2.75) is 37.3 Å². The van der Waals surface area contributed by atoms with Gasteiger partial charge in [0, 0.05) is 19.7 Å². The Morgan fingerprint density at radius 2 is 1.38 bits per heavy atom. The van der Waals surface area contributed by atoms with E-state index in [2.05, 4.69) is 0 Å². The molecule has 0 spiro atoms. The van der Waals surface area contributed by atoms with Crippen molar-refractivity contribution in [1.29, 1.82) is 0 Å². The summed E-state index contributed by atoms with van der Waals surface area (Å²) in [5.41, 5.74) is -0.147. The van der Waals surface area contributed by atoms with E-state index in [4.69, 9.17) is 4.74 Å². The maximum absolute atomic E-state index is 13.7. The van der Waals surface area contributed by atoms with E-state index in [-0.39, 0.29) is 18.3 Å². The highest BCUT2D eigenvalue weighted by Gasteiger charge is 2.56. The molecule has 5 rings (SSSR count). The third-order valence-electron chi connectivity index (χ3n) is 7.16. The molecule has 1 amide bonds. The van der Waals surface area contributed by atoms with Crippen LogP contribution in [0.2, 0.25) is 0 Å². The van der Waals surface area contributed by atoms with Crippen LogP contribution in [-0.4, -0.2) is 61.1 Å². The first-order chi connectivity index (χ1) is 19.3. The number of aliphatic carboxylic acids is 1. The molecule has 2 N–H and O–H groups in total. The summed E-state index contributed by atoms with van der Waals surface area (Å²) in [5.74, 6) is -3.36. The normalized spacial score (nSPS) is 21.4. The monoisotopic (exact) mass is 577 g/mol. The molecular formula is C30H28NO7PS. The topological polar surface area (TPSA) is 121 Å². The molecule has 2 fully saturated rings. The average Bonchev–Trinajstić information content (AvgIpc) is 3.40. The lowest BCUT2D eigenvalue weighted by atomic mass is 9.93. The molecule has 2 unspecified atom stereocenters. The summed E-state index contributed by atoms with van der Waals surface area (Å²) >= 11 is 0.744. The summed E-state index contributed by atoms with van der Waals surface area (Å²) in [6.45, 7) is -1.77. The number of benzene rings is 3. The molecule has 206 valence electrons. The summed E-state index contributed by atoms with van der Waals surface area (Å²) in [4.78, 5) is 53.2. The van der Waals surface area contributed by atoms with Gasteiger partial charge in [-0.1, -0.05) is 103 Å². The predicted octanol–water partition coefficient (Wildman–Crippen LogP) is 2.33. The zero-order valence-corrected chi connectivity index (χ0v) is 23.3. The number of carboxylic acid groups (broad SMARTS) is 1. The van der Waals surface area contributed by atoms with E-state index < -0.39 is 53.3 Å². The summed E-state index contributed by atoms with van der Waals surface area (Å²) in [7, 11) is 0. The lowest BCUT2D eigenvalue weighted by Crippen LogP contribution is -2.67. The molecule has 0 bridgehead atoms. The highest BCUT2D eigenvalue weighted by atomic mass is 32.2. The van der Waals surface area contributed by atoms with Gasteiger partial charge in [0.2, 0.25) is 11.0 Å². The molecule has 3 aromatic carbocycles. The van der Waals surface area contributed by atoms with Crippen LogP contribution in [0.3, 0.4) is 0 Å². The number of β-lactam (4-membered cyclic amide) rings is 1. The van der Waals surface area contributed by atoms with Gasteiger partial charge in [0.15, 0.2) is 6.10 Å². The summed E-state index contributed by atoms with van der Waals surface area (Å²) in [6, 6.07) is 27.7. The lowest BCUT2D eigenvalue weighted by molar-refractivity contribution is -0.151. The summed E-state index contributed by atoms with van der Waals surface area (Å²) in [6.07, 6.45) is -1.78. The van der Waals surface area contributed by atoms with E-state index in [0.29, 0.717) is 0 Å². The predicted molar refractivity (Wildman–Crippen MR) is 155 cm³/mol. The molecule has 0 saturated carbocycles. The Balaban J connectivity index is 1.80. The molecule has 2 aliphatic rings. The fraction of sp³-hybridized carbons (Fsp3) is 0.233. The molecule has 2 saturated heterocycles. The Bertz CT molecular complexity index is 1390. The molecule has 8 nitrogen and oxygen atoms in total. The molecule has 2 aliphatic heterocycles. The van der Waals surface area contributed by atoms with Crippen LogP contribution in [0.15, 0.2) is 91.0 Å². The third-order valence-corrected chi connectivity index (χ3v) is 12.7. The van der Waals surface area contributed by atoms with Gasteiger partial charge >= 0.3 is 11.9 Å². The van der Waals surface area contributed by atoms with Gasteiger partial charge in [0.05, 0.1) is 12.0 Å². The Hall–Kier alpha value is -3.65. The van der Waals surface area contributed by atoms with E-state index in [1.807, 2.05) is 91.0 Å². The molecule has 0 aromatic heterocycles. The Morgan fingerprint density at radius 1 is 0.900 bits per heavy atom. The molecule has 40 heavy (non-hydrogen) atoms. The highest BCUT2D eigenvalue weighted by molar-refractivity contribution is 8.14. The smallest absolute Gasteiger partial charge is 0.353 e. The number of carboxylic acids is 1. The number of cyclic esters (lactones) is 1. The van der Waals surface area contributed by atoms with Crippen molar-refractivity contribution in [2.24, 2.45) is 5.92 Å². The Kier molecular flexibility index (Phi) is 7.99. The van der Waals surface area contributed by atoms with Crippen LogP contribution >= 0.6 is 18.6 Å². The van der Waals surface area contributed by atoms with Gasteiger partial charge in [-0.15, -0.1) is 0 Å². The summed E-state index contributed by atoms with van der Waals surface area (Å²) < 4.78 is 5.14. The third kappa shape index (κ3) is 4.79. The molecule has 4 atom stereocenters. The quantitative estimate of drug-likeness (QED) is 0.238. The van der Waals surface area contributed by atoms with E-state index >= 15 is 0 Å². The number of carbonyl (C=O) groups is 4. The van der Waals surface area contributed by atoms with E-state index in [9.17, 15) is 29.4 Å². The van der Waals surface area contributed by atoms with Crippen molar-refractivity contribution in [1.82, 2.24) is 4.90 Å². The molecular weight excluding hydrogens is 549 g/mol. The number of thioether (sulfide) groups is 1. The number of carbonyl (C=O) groups excluding carboxylic acids is 3. The number of amides is 1. The van der Waals surface area contributed by atoms with Crippen LogP contribution in [0.25, 0.3) is 0 Å². The molecule has 0 radical (unpaired) electrons. The second-order valence-electron chi connectivity index (χ2n) is 9.63. The van der Waals surface area contributed by atoms with Crippen molar-refractivity contribution >= 4 is 62.9 Å². The van der Waals surface area contributed by atoms with Crippen molar-refractivity contribution in [3.63, 3.8) is 0 Å². The number of esters is 1. The van der Waals surface area contributed by atoms with Gasteiger partial charge < -0.3 is 14.9 Å². The van der Waals surface area contributed by atoms with Crippen molar-refractivity contribution < 1.29 is 34.1 Å². The van der Waals surface area contributed by atoms with E-state index in [1.165, 1.54) is 11.8 Å². The Morgan fingerprint density at radius 3 is 1.75 bits per heavy atom. The van der Waals surface area contributed by atoms with Gasteiger partial charge in [0.25, 0.3) is 0 Å². The van der Waals surface area contributed by atoms with Crippen LogP contribution < -0.4 is 15.9 Å². The number of rotatable bonds is 8. The van der Waals surface area contributed by atoms with Crippen molar-refractivity contribution in [3.8, 4) is 0 Å². The molecule has 10 heteroatoms. The van der Waals surface area contributed by atoms with Crippen molar-refractivity contribution in [2.75, 3.05) is 0 Å². The number of aliphatic hydroxyl groups is 1. The fourth-order valence-electron chi connectivity index (χ4n) is 5.35. The maximum Gasteiger partial charge on any atom is 0.353 e.